The zero-order valence-corrected chi connectivity index (χ0v) is 17.7. The Labute approximate surface area is 183 Å². The summed E-state index contributed by atoms with van der Waals surface area (Å²) >= 11 is 0. The fraction of sp³-hybridized carbons (Fsp3) is 0.455. The highest BCUT2D eigenvalue weighted by molar-refractivity contribution is 5.80. The number of carbonyl (C=O) groups is 2. The van der Waals surface area contributed by atoms with Crippen LogP contribution in [0.2, 0.25) is 0 Å². The lowest BCUT2D eigenvalue weighted by Crippen LogP contribution is -2.53. The third-order valence-corrected chi connectivity index (χ3v) is 5.87. The second-order valence-electron chi connectivity index (χ2n) is 8.03. The number of hydrogen-bond acceptors (Lipinski definition) is 5. The van der Waals surface area contributed by atoms with E-state index in [1.165, 1.54) is 11.1 Å². The van der Waals surface area contributed by atoms with Gasteiger partial charge in [-0.2, -0.15) is 13.2 Å². The van der Waals surface area contributed by atoms with Crippen molar-refractivity contribution in [3.05, 3.63) is 53.9 Å². The van der Waals surface area contributed by atoms with E-state index in [2.05, 4.69) is 51.0 Å². The number of aryl methyl sites for hydroxylation is 1. The van der Waals surface area contributed by atoms with Crippen LogP contribution in [0.15, 0.2) is 42.7 Å². The van der Waals surface area contributed by atoms with Gasteiger partial charge in [0.15, 0.2) is 0 Å². The summed E-state index contributed by atoms with van der Waals surface area (Å²) in [5, 5.41) is 7.12. The molecule has 172 valence electrons. The largest absolute Gasteiger partial charge is 0.490 e. The predicted octanol–water partition coefficient (Wildman–Crippen LogP) is 3.58. The number of aliphatic carboxylic acids is 1. The maximum absolute atomic E-state index is 12.6. The van der Waals surface area contributed by atoms with Gasteiger partial charge in [0.25, 0.3) is 0 Å². The zero-order chi connectivity index (χ0) is 23.4. The number of piperidine rings is 1. The van der Waals surface area contributed by atoms with Gasteiger partial charge in [-0.3, -0.25) is 4.79 Å². The monoisotopic (exact) mass is 450 g/mol. The van der Waals surface area contributed by atoms with Gasteiger partial charge in [0.2, 0.25) is 11.9 Å². The minimum Gasteiger partial charge on any atom is -0.475 e. The highest BCUT2D eigenvalue weighted by Gasteiger charge is 2.47. The van der Waals surface area contributed by atoms with Crippen molar-refractivity contribution in [2.24, 2.45) is 0 Å². The van der Waals surface area contributed by atoms with Gasteiger partial charge < -0.3 is 14.9 Å². The zero-order valence-electron chi connectivity index (χ0n) is 17.7. The molecule has 10 heteroatoms. The van der Waals surface area contributed by atoms with E-state index in [4.69, 9.17) is 9.90 Å². The van der Waals surface area contributed by atoms with Crippen LogP contribution in [0, 0.1) is 6.92 Å². The number of aromatic nitrogens is 2. The Balaban J connectivity index is 0.000000360. The van der Waals surface area contributed by atoms with Crippen LogP contribution in [0.1, 0.15) is 36.8 Å². The molecule has 32 heavy (non-hydrogen) atoms. The van der Waals surface area contributed by atoms with Crippen LogP contribution in [-0.2, 0) is 16.1 Å². The van der Waals surface area contributed by atoms with Crippen molar-refractivity contribution in [3.8, 4) is 0 Å². The average molecular weight is 450 g/mol. The van der Waals surface area contributed by atoms with Gasteiger partial charge in [-0.05, 0) is 37.8 Å². The molecule has 0 aliphatic carbocycles. The summed E-state index contributed by atoms with van der Waals surface area (Å²) < 4.78 is 31.7. The molecule has 0 bridgehead atoms. The number of halogens is 3. The number of amides is 1. The van der Waals surface area contributed by atoms with Gasteiger partial charge >= 0.3 is 12.1 Å². The summed E-state index contributed by atoms with van der Waals surface area (Å²) in [6.07, 6.45) is 2.12. The van der Waals surface area contributed by atoms with Crippen molar-refractivity contribution in [1.29, 1.82) is 0 Å². The van der Waals surface area contributed by atoms with Gasteiger partial charge in [-0.25, -0.2) is 14.8 Å². The fourth-order valence-electron chi connectivity index (χ4n) is 4.22. The summed E-state index contributed by atoms with van der Waals surface area (Å²) in [6.45, 7) is 4.63. The number of carboxylic acid groups (broad SMARTS) is 1. The van der Waals surface area contributed by atoms with Crippen molar-refractivity contribution >= 4 is 17.8 Å². The molecule has 1 amide bonds. The molecule has 0 unspecified atom stereocenters. The summed E-state index contributed by atoms with van der Waals surface area (Å²) in [4.78, 5) is 34.6. The van der Waals surface area contributed by atoms with Crippen molar-refractivity contribution in [2.45, 2.75) is 50.9 Å². The van der Waals surface area contributed by atoms with E-state index >= 15 is 0 Å². The molecule has 0 saturated carbocycles. The van der Waals surface area contributed by atoms with Crippen LogP contribution in [0.4, 0.5) is 19.1 Å². The number of hydrogen-bond donors (Lipinski definition) is 1. The second-order valence-corrected chi connectivity index (χ2v) is 8.03. The van der Waals surface area contributed by atoms with E-state index in [-0.39, 0.29) is 5.54 Å². The van der Waals surface area contributed by atoms with E-state index in [0.29, 0.717) is 12.3 Å². The molecule has 4 rings (SSSR count). The van der Waals surface area contributed by atoms with E-state index in [1.807, 2.05) is 6.07 Å². The number of likely N-dealkylation sites (tertiary alicyclic amines) is 1. The quantitative estimate of drug-likeness (QED) is 0.769. The Kier molecular flexibility index (Phi) is 7.00. The third-order valence-electron chi connectivity index (χ3n) is 5.87. The molecule has 2 fully saturated rings. The molecular weight excluding hydrogens is 425 g/mol. The summed E-state index contributed by atoms with van der Waals surface area (Å²) in [5.41, 5.74) is 2.48. The number of carbonyl (C=O) groups excluding carboxylic acids is 1. The highest BCUT2D eigenvalue weighted by atomic mass is 19.4. The molecule has 2 aliphatic heterocycles. The van der Waals surface area contributed by atoms with Crippen LogP contribution < -0.4 is 4.90 Å². The van der Waals surface area contributed by atoms with Gasteiger partial charge in [0.05, 0.1) is 0 Å². The number of benzene rings is 1. The first-order valence-electron chi connectivity index (χ1n) is 10.3. The van der Waals surface area contributed by atoms with Gasteiger partial charge in [-0.1, -0.05) is 29.8 Å². The van der Waals surface area contributed by atoms with Crippen molar-refractivity contribution in [2.75, 3.05) is 18.0 Å². The third kappa shape index (κ3) is 5.54. The lowest BCUT2D eigenvalue weighted by molar-refractivity contribution is -0.192. The van der Waals surface area contributed by atoms with Crippen molar-refractivity contribution in [3.63, 3.8) is 0 Å². The Morgan fingerprint density at radius 2 is 1.75 bits per heavy atom. The Morgan fingerprint density at radius 3 is 2.31 bits per heavy atom. The topological polar surface area (TPSA) is 86.6 Å². The molecule has 1 aromatic carbocycles. The normalized spacial score (nSPS) is 17.8. The highest BCUT2D eigenvalue weighted by Crippen LogP contribution is 2.40. The molecule has 7 nitrogen and oxygen atoms in total. The average Bonchev–Trinajstić information content (AvgIpc) is 3.04. The molecule has 3 heterocycles. The van der Waals surface area contributed by atoms with Crippen molar-refractivity contribution < 1.29 is 27.9 Å². The van der Waals surface area contributed by atoms with E-state index in [9.17, 15) is 18.0 Å². The van der Waals surface area contributed by atoms with E-state index in [0.717, 1.165) is 44.8 Å². The SMILES string of the molecule is Cc1cccc(CN2C(=O)CCC23CCN(c2ncccn2)CC3)c1.O=C(O)C(F)(F)F. The predicted molar refractivity (Wildman–Crippen MR) is 111 cm³/mol. The molecule has 2 saturated heterocycles. The first kappa shape index (κ1) is 23.5. The van der Waals surface area contributed by atoms with Crippen LogP contribution in [0.25, 0.3) is 0 Å². The molecular formula is C22H25F3N4O3. The number of nitrogens with zero attached hydrogens (tertiary/aromatic N) is 4. The first-order valence-corrected chi connectivity index (χ1v) is 10.3. The summed E-state index contributed by atoms with van der Waals surface area (Å²) in [6, 6.07) is 10.3. The first-order chi connectivity index (χ1) is 15.1. The Morgan fingerprint density at radius 1 is 1.12 bits per heavy atom. The molecule has 1 aromatic heterocycles. The summed E-state index contributed by atoms with van der Waals surface area (Å²) in [7, 11) is 0. The maximum Gasteiger partial charge on any atom is 0.490 e. The fourth-order valence-corrected chi connectivity index (χ4v) is 4.22. The Bertz CT molecular complexity index is 945. The van der Waals surface area contributed by atoms with Gasteiger partial charge in [0, 0.05) is 44.0 Å². The van der Waals surface area contributed by atoms with Crippen molar-refractivity contribution in [1.82, 2.24) is 14.9 Å². The van der Waals surface area contributed by atoms with Crippen LogP contribution >= 0.6 is 0 Å². The lowest BCUT2D eigenvalue weighted by atomic mass is 9.84. The molecule has 0 radical (unpaired) electrons. The molecule has 1 spiro atoms. The number of anilines is 1. The molecule has 2 aliphatic rings. The number of rotatable bonds is 3. The number of alkyl halides is 3. The van der Waals surface area contributed by atoms with Gasteiger partial charge in [-0.15, -0.1) is 0 Å². The minimum absolute atomic E-state index is 0.00606. The number of carboxylic acids is 1. The standard InChI is InChI=1S/C20H24N4O.C2HF3O2/c1-16-4-2-5-17(14-16)15-24-18(25)6-7-20(24)8-12-23(13-9-20)19-21-10-3-11-22-19;3-2(4,5)1(6)7/h2-5,10-11,14H,6-9,12-13,15H2,1H3;(H,6,7). The lowest BCUT2D eigenvalue weighted by Gasteiger charge is -2.45. The second kappa shape index (κ2) is 9.54. The smallest absolute Gasteiger partial charge is 0.475 e. The molecule has 2 aromatic rings. The molecule has 0 atom stereocenters. The van der Waals surface area contributed by atoms with E-state index in [1.54, 1.807) is 12.4 Å². The summed E-state index contributed by atoms with van der Waals surface area (Å²) in [5.74, 6) is -1.66. The minimum atomic E-state index is -5.08. The van der Waals surface area contributed by atoms with Gasteiger partial charge in [0.1, 0.15) is 0 Å². The van der Waals surface area contributed by atoms with Crippen LogP contribution in [-0.4, -0.2) is 56.7 Å². The Hall–Kier alpha value is -3.17. The maximum atomic E-state index is 12.6. The molecule has 1 N–H and O–H groups in total. The van der Waals surface area contributed by atoms with E-state index < -0.39 is 12.1 Å². The van der Waals surface area contributed by atoms with Crippen LogP contribution in [0.3, 0.4) is 0 Å². The van der Waals surface area contributed by atoms with Crippen LogP contribution in [0.5, 0.6) is 0 Å².